The molecule has 1 unspecified atom stereocenters. The van der Waals surface area contributed by atoms with E-state index in [1.165, 1.54) is 18.2 Å². The number of rotatable bonds is 3. The van der Waals surface area contributed by atoms with Crippen LogP contribution in [0.4, 0.5) is 0 Å². The van der Waals surface area contributed by atoms with E-state index in [9.17, 15) is 14.1 Å². The summed E-state index contributed by atoms with van der Waals surface area (Å²) in [5.74, 6) is -1.03. The Balaban J connectivity index is 2.47. The number of carbonyl (C=O) groups is 1. The summed E-state index contributed by atoms with van der Waals surface area (Å²) >= 11 is -1.24. The molecule has 0 saturated heterocycles. The van der Waals surface area contributed by atoms with Gasteiger partial charge in [-0.1, -0.05) is 13.8 Å². The van der Waals surface area contributed by atoms with Crippen molar-refractivity contribution in [3.63, 3.8) is 0 Å². The van der Waals surface area contributed by atoms with Crippen molar-refractivity contribution in [2.24, 2.45) is 0 Å². The lowest BCUT2D eigenvalue weighted by atomic mass is 9.99. The summed E-state index contributed by atoms with van der Waals surface area (Å²) in [5.41, 5.74) is 1.31. The molecular weight excluding hydrogens is 328 g/mol. The van der Waals surface area contributed by atoms with E-state index in [1.807, 2.05) is 13.8 Å². The monoisotopic (exact) mass is 344 g/mol. The van der Waals surface area contributed by atoms with E-state index in [1.54, 1.807) is 18.4 Å². The highest BCUT2D eigenvalue weighted by atomic mass is 32.2. The Morgan fingerprint density at radius 1 is 1.21 bits per heavy atom. The van der Waals surface area contributed by atoms with Gasteiger partial charge in [-0.05, 0) is 35.3 Å². The first-order valence-corrected chi connectivity index (χ1v) is 8.96. The number of carboxylic acid groups (broad SMARTS) is 1. The van der Waals surface area contributed by atoms with Crippen molar-refractivity contribution in [3.8, 4) is 0 Å². The van der Waals surface area contributed by atoms with E-state index in [0.717, 1.165) is 5.56 Å². The highest BCUT2D eigenvalue weighted by Crippen LogP contribution is 2.30. The third kappa shape index (κ3) is 2.68. The van der Waals surface area contributed by atoms with Gasteiger partial charge in [0.15, 0.2) is 4.90 Å². The molecule has 0 fully saturated rings. The average Bonchev–Trinajstić information content (AvgIpc) is 2.53. The zero-order chi connectivity index (χ0) is 17.6. The van der Waals surface area contributed by atoms with Gasteiger partial charge >= 0.3 is 5.97 Å². The summed E-state index contributed by atoms with van der Waals surface area (Å²) in [6.45, 7) is 3.93. The van der Waals surface area contributed by atoms with E-state index in [-0.39, 0.29) is 22.3 Å². The molecule has 1 atom stereocenters. The van der Waals surface area contributed by atoms with Gasteiger partial charge in [-0.2, -0.15) is 0 Å². The van der Waals surface area contributed by atoms with Crippen LogP contribution in [0.25, 0.3) is 21.9 Å². The maximum atomic E-state index is 12.9. The number of benzene rings is 2. The van der Waals surface area contributed by atoms with Crippen LogP contribution in [0.2, 0.25) is 0 Å². The van der Waals surface area contributed by atoms with Crippen LogP contribution in [0, 0.1) is 0 Å². The number of carboxylic acids is 1. The van der Waals surface area contributed by atoms with Gasteiger partial charge in [0, 0.05) is 17.7 Å². The predicted octanol–water partition coefficient (Wildman–Crippen LogP) is 3.51. The van der Waals surface area contributed by atoms with E-state index < -0.39 is 17.1 Å². The van der Waals surface area contributed by atoms with E-state index in [0.29, 0.717) is 21.4 Å². The van der Waals surface area contributed by atoms with Crippen LogP contribution in [0.3, 0.4) is 0 Å². The molecule has 0 aliphatic rings. The summed E-state index contributed by atoms with van der Waals surface area (Å²) < 4.78 is 17.8. The number of fused-ring (bicyclic) bond motifs is 2. The highest BCUT2D eigenvalue weighted by molar-refractivity contribution is 7.90. The third-order valence-electron chi connectivity index (χ3n) is 3.97. The first-order chi connectivity index (χ1) is 11.3. The Hall–Kier alpha value is -2.31. The highest BCUT2D eigenvalue weighted by Gasteiger charge is 2.19. The summed E-state index contributed by atoms with van der Waals surface area (Å²) in [5, 5.41) is 9.63. The Kier molecular flexibility index (Phi) is 4.11. The molecular formula is C18H16O5S. The maximum absolute atomic E-state index is 12.9. The summed E-state index contributed by atoms with van der Waals surface area (Å²) in [4.78, 5) is 24.5. The molecule has 0 aliphatic heterocycles. The second-order valence-corrected chi connectivity index (χ2v) is 7.32. The van der Waals surface area contributed by atoms with E-state index in [2.05, 4.69) is 0 Å². The second kappa shape index (κ2) is 5.96. The smallest absolute Gasteiger partial charge is 0.335 e. The average molecular weight is 344 g/mol. The van der Waals surface area contributed by atoms with E-state index >= 15 is 0 Å². The van der Waals surface area contributed by atoms with Crippen molar-refractivity contribution in [1.82, 2.24) is 0 Å². The lowest BCUT2D eigenvalue weighted by Crippen LogP contribution is -2.08. The first kappa shape index (κ1) is 16.5. The SMILES string of the molecule is CC(C)c1cc([S+](C)[O-])cc2c(=O)c3cc(C(=O)O)ccc3oc12. The Labute approximate surface area is 141 Å². The predicted molar refractivity (Wildman–Crippen MR) is 93.4 cm³/mol. The van der Waals surface area contributed by atoms with Crippen molar-refractivity contribution >= 4 is 39.1 Å². The second-order valence-electron chi connectivity index (χ2n) is 5.95. The molecule has 0 bridgehead atoms. The van der Waals surface area contributed by atoms with Crippen LogP contribution >= 0.6 is 0 Å². The molecule has 0 amide bonds. The molecule has 124 valence electrons. The fourth-order valence-electron chi connectivity index (χ4n) is 2.69. The summed E-state index contributed by atoms with van der Waals surface area (Å²) in [6, 6.07) is 7.58. The molecule has 0 radical (unpaired) electrons. The molecule has 6 heteroatoms. The lowest BCUT2D eigenvalue weighted by Gasteiger charge is -2.13. The van der Waals surface area contributed by atoms with Gasteiger partial charge in [0.25, 0.3) is 0 Å². The molecule has 0 spiro atoms. The molecule has 24 heavy (non-hydrogen) atoms. The van der Waals surface area contributed by atoms with Gasteiger partial charge in [-0.3, -0.25) is 4.79 Å². The minimum Gasteiger partial charge on any atom is -0.612 e. The normalized spacial score (nSPS) is 12.9. The standard InChI is InChI=1S/C18H16O5S/c1-9(2)12-7-11(24(3)22)8-14-16(19)13-6-10(18(20)21)4-5-15(13)23-17(12)14/h4-9H,1-3H3,(H,20,21). The van der Waals surface area contributed by atoms with Gasteiger partial charge in [0.05, 0.1) is 16.3 Å². The molecule has 1 heterocycles. The van der Waals surface area contributed by atoms with Crippen LogP contribution in [-0.4, -0.2) is 21.9 Å². The van der Waals surface area contributed by atoms with Crippen molar-refractivity contribution < 1.29 is 18.9 Å². The quantitative estimate of drug-likeness (QED) is 0.580. The van der Waals surface area contributed by atoms with Crippen molar-refractivity contribution in [2.45, 2.75) is 24.7 Å². The molecule has 2 aromatic carbocycles. The molecule has 0 saturated carbocycles. The minimum absolute atomic E-state index is 0.0217. The van der Waals surface area contributed by atoms with Crippen LogP contribution < -0.4 is 5.43 Å². The molecule has 1 aromatic heterocycles. The fourth-order valence-corrected chi connectivity index (χ4v) is 3.26. The number of aromatic carboxylic acids is 1. The van der Waals surface area contributed by atoms with Crippen LogP contribution in [0.15, 0.2) is 44.4 Å². The van der Waals surface area contributed by atoms with Crippen LogP contribution in [-0.2, 0) is 11.2 Å². The third-order valence-corrected chi connectivity index (χ3v) is 4.87. The zero-order valence-electron chi connectivity index (χ0n) is 13.5. The lowest BCUT2D eigenvalue weighted by molar-refractivity contribution is 0.0697. The Morgan fingerprint density at radius 3 is 2.50 bits per heavy atom. The molecule has 3 rings (SSSR count). The molecule has 0 aliphatic carbocycles. The molecule has 1 N–H and O–H groups in total. The minimum atomic E-state index is -1.24. The first-order valence-electron chi connectivity index (χ1n) is 7.41. The Morgan fingerprint density at radius 2 is 1.92 bits per heavy atom. The van der Waals surface area contributed by atoms with Gasteiger partial charge in [0.1, 0.15) is 17.4 Å². The molecule has 3 aromatic rings. The van der Waals surface area contributed by atoms with Gasteiger partial charge in [-0.15, -0.1) is 0 Å². The zero-order valence-corrected chi connectivity index (χ0v) is 14.3. The topological polar surface area (TPSA) is 90.6 Å². The Bertz CT molecular complexity index is 1020. The van der Waals surface area contributed by atoms with Gasteiger partial charge in [0.2, 0.25) is 5.43 Å². The van der Waals surface area contributed by atoms with Crippen LogP contribution in [0.1, 0.15) is 35.7 Å². The van der Waals surface area contributed by atoms with Crippen molar-refractivity contribution in [2.75, 3.05) is 6.26 Å². The number of hydrogen-bond donors (Lipinski definition) is 1. The molecule has 5 nitrogen and oxygen atoms in total. The van der Waals surface area contributed by atoms with Gasteiger partial charge in [-0.25, -0.2) is 4.79 Å². The van der Waals surface area contributed by atoms with Crippen molar-refractivity contribution in [1.29, 1.82) is 0 Å². The van der Waals surface area contributed by atoms with Crippen LogP contribution in [0.5, 0.6) is 0 Å². The summed E-state index contributed by atoms with van der Waals surface area (Å²) in [7, 11) is 0. The number of hydrogen-bond acceptors (Lipinski definition) is 4. The fraction of sp³-hybridized carbons (Fsp3) is 0.222. The van der Waals surface area contributed by atoms with Gasteiger partial charge < -0.3 is 14.1 Å². The largest absolute Gasteiger partial charge is 0.612 e. The van der Waals surface area contributed by atoms with E-state index in [4.69, 9.17) is 9.52 Å². The maximum Gasteiger partial charge on any atom is 0.335 e. The van der Waals surface area contributed by atoms with Crippen molar-refractivity contribution in [3.05, 3.63) is 51.7 Å². The summed E-state index contributed by atoms with van der Waals surface area (Å²) in [6.07, 6.45) is 1.55.